The monoisotopic (exact) mass is 363 g/mol. The smallest absolute Gasteiger partial charge is 0.282 e. The van der Waals surface area contributed by atoms with Gasteiger partial charge in [-0.2, -0.15) is 0 Å². The van der Waals surface area contributed by atoms with E-state index < -0.39 is 0 Å². The van der Waals surface area contributed by atoms with Gasteiger partial charge in [-0.05, 0) is 43.5 Å². The zero-order valence-electron chi connectivity index (χ0n) is 13.6. The van der Waals surface area contributed by atoms with Crippen LogP contribution in [0.15, 0.2) is 42.5 Å². The first-order chi connectivity index (χ1) is 11.5. The summed E-state index contributed by atoms with van der Waals surface area (Å²) in [6.45, 7) is 1.93. The number of quaternary nitrogens is 1. The van der Waals surface area contributed by atoms with Crippen LogP contribution in [0.25, 0.3) is 0 Å². The van der Waals surface area contributed by atoms with Crippen LogP contribution in [0.4, 0.5) is 5.69 Å². The van der Waals surface area contributed by atoms with Gasteiger partial charge in [0, 0.05) is 17.0 Å². The molecule has 1 aliphatic rings. The summed E-state index contributed by atoms with van der Waals surface area (Å²) in [6, 6.07) is 13.7. The van der Waals surface area contributed by atoms with Crippen molar-refractivity contribution in [3.63, 3.8) is 0 Å². The maximum Gasteiger partial charge on any atom is 0.282 e. The minimum Gasteiger partial charge on any atom is -0.330 e. The summed E-state index contributed by atoms with van der Waals surface area (Å²) in [5.41, 5.74) is 3.35. The lowest BCUT2D eigenvalue weighted by Gasteiger charge is -2.26. The Balaban J connectivity index is 1.67. The Kier molecular flexibility index (Phi) is 5.44. The number of halogens is 2. The Bertz CT molecular complexity index is 748. The molecular weight excluding hydrogens is 343 g/mol. The quantitative estimate of drug-likeness (QED) is 0.848. The van der Waals surface area contributed by atoms with Gasteiger partial charge in [-0.25, -0.2) is 0 Å². The molecule has 0 bridgehead atoms. The van der Waals surface area contributed by atoms with Gasteiger partial charge in [0.05, 0.1) is 10.7 Å². The summed E-state index contributed by atoms with van der Waals surface area (Å²) < 4.78 is 0. The lowest BCUT2D eigenvalue weighted by Crippen LogP contribution is -2.92. The van der Waals surface area contributed by atoms with Gasteiger partial charge < -0.3 is 10.6 Å². The topological polar surface area (TPSA) is 45.7 Å². The van der Waals surface area contributed by atoms with Crippen molar-refractivity contribution in [3.8, 4) is 0 Å². The van der Waals surface area contributed by atoms with Gasteiger partial charge in [-0.3, -0.25) is 4.79 Å². The minimum atomic E-state index is -0.201. The molecule has 5 heteroatoms. The van der Waals surface area contributed by atoms with E-state index in [0.29, 0.717) is 21.8 Å². The fraction of sp³-hybridized carbons (Fsp3) is 0.316. The van der Waals surface area contributed by atoms with E-state index >= 15 is 0 Å². The zero-order chi connectivity index (χ0) is 17.1. The van der Waals surface area contributed by atoms with E-state index in [2.05, 4.69) is 34.9 Å². The number of hydrogen-bond acceptors (Lipinski definition) is 1. The van der Waals surface area contributed by atoms with Crippen molar-refractivity contribution in [3.05, 3.63) is 63.6 Å². The lowest BCUT2D eigenvalue weighted by molar-refractivity contribution is -0.714. The van der Waals surface area contributed by atoms with Gasteiger partial charge in [0.15, 0.2) is 6.04 Å². The van der Waals surface area contributed by atoms with Crippen LogP contribution in [0.2, 0.25) is 10.0 Å². The van der Waals surface area contributed by atoms with Crippen molar-refractivity contribution >= 4 is 34.8 Å². The van der Waals surface area contributed by atoms with E-state index in [1.54, 1.807) is 18.2 Å². The van der Waals surface area contributed by atoms with Gasteiger partial charge in [0.25, 0.3) is 5.91 Å². The molecular formula is C19H21Cl2N2O+. The summed E-state index contributed by atoms with van der Waals surface area (Å²) in [7, 11) is 0. The number of benzene rings is 2. The van der Waals surface area contributed by atoms with Crippen LogP contribution in [0, 0.1) is 0 Å². The molecule has 126 valence electrons. The lowest BCUT2D eigenvalue weighted by atomic mass is 9.87. The highest BCUT2D eigenvalue weighted by atomic mass is 35.5. The first kappa shape index (κ1) is 17.3. The number of carbonyl (C=O) groups excluding carboxylic acids is 1. The molecule has 0 aliphatic heterocycles. The van der Waals surface area contributed by atoms with E-state index in [-0.39, 0.29) is 11.9 Å². The summed E-state index contributed by atoms with van der Waals surface area (Å²) in [5.74, 6) is -0.0534. The molecule has 2 aromatic rings. The second-order valence-electron chi connectivity index (χ2n) is 6.29. The predicted octanol–water partition coefficient (Wildman–Crippen LogP) is 3.96. The molecule has 0 unspecified atom stereocenters. The van der Waals surface area contributed by atoms with Crippen LogP contribution in [-0.2, 0) is 11.2 Å². The van der Waals surface area contributed by atoms with Crippen LogP contribution < -0.4 is 10.6 Å². The number of carbonyl (C=O) groups is 1. The summed E-state index contributed by atoms with van der Waals surface area (Å²) >= 11 is 12.0. The molecule has 3 rings (SSSR count). The molecule has 3 N–H and O–H groups in total. The van der Waals surface area contributed by atoms with Crippen LogP contribution in [0.5, 0.6) is 0 Å². The predicted molar refractivity (Wildman–Crippen MR) is 98.6 cm³/mol. The maximum atomic E-state index is 12.5. The number of fused-ring (bicyclic) bond motifs is 1. The summed E-state index contributed by atoms with van der Waals surface area (Å²) in [6.07, 6.45) is 3.38. The Hall–Kier alpha value is -1.55. The van der Waals surface area contributed by atoms with Crippen LogP contribution in [0.1, 0.15) is 36.9 Å². The largest absolute Gasteiger partial charge is 0.330 e. The van der Waals surface area contributed by atoms with Crippen molar-refractivity contribution in [1.29, 1.82) is 0 Å². The number of nitrogens with one attached hydrogen (secondary N) is 1. The van der Waals surface area contributed by atoms with Crippen molar-refractivity contribution in [2.45, 2.75) is 38.3 Å². The van der Waals surface area contributed by atoms with Crippen molar-refractivity contribution in [2.24, 2.45) is 0 Å². The highest BCUT2D eigenvalue weighted by Crippen LogP contribution is 2.27. The molecule has 0 aromatic heterocycles. The third kappa shape index (κ3) is 3.92. The maximum absolute atomic E-state index is 12.5. The third-order valence-corrected chi connectivity index (χ3v) is 5.09. The molecule has 3 nitrogen and oxygen atoms in total. The molecule has 0 spiro atoms. The highest BCUT2D eigenvalue weighted by molar-refractivity contribution is 6.36. The number of rotatable bonds is 4. The third-order valence-electron chi connectivity index (χ3n) is 4.54. The molecule has 2 atom stereocenters. The molecule has 1 amide bonds. The highest BCUT2D eigenvalue weighted by Gasteiger charge is 2.27. The number of anilines is 1. The van der Waals surface area contributed by atoms with Gasteiger partial charge in [0.2, 0.25) is 0 Å². The fourth-order valence-corrected chi connectivity index (χ4v) is 3.72. The number of aryl methyl sites for hydroxylation is 1. The van der Waals surface area contributed by atoms with Crippen LogP contribution >= 0.6 is 23.2 Å². The average Bonchev–Trinajstić information content (AvgIpc) is 2.57. The SMILES string of the molecule is C[C@H]([NH2+][C@H]1CCCc2ccccc21)C(=O)Nc1ccc(Cl)cc1Cl. The first-order valence-electron chi connectivity index (χ1n) is 8.23. The standard InChI is InChI=1S/C19H20Cl2N2O/c1-12(19(24)23-18-10-9-14(20)11-16(18)21)22-17-8-4-6-13-5-2-3-7-15(13)17/h2-3,5,7,9-12,17,22H,4,6,8H2,1H3,(H,23,24)/p+1/t12-,17-/m0/s1. The number of hydrogen-bond donors (Lipinski definition) is 2. The van der Waals surface area contributed by atoms with Gasteiger partial charge in [-0.1, -0.05) is 47.5 Å². The Labute approximate surface area is 152 Å². The Morgan fingerprint density at radius 3 is 2.83 bits per heavy atom. The van der Waals surface area contributed by atoms with Crippen molar-refractivity contribution in [1.82, 2.24) is 0 Å². The molecule has 1 aliphatic carbocycles. The van der Waals surface area contributed by atoms with E-state index in [9.17, 15) is 4.79 Å². The van der Waals surface area contributed by atoms with E-state index in [1.165, 1.54) is 11.1 Å². The van der Waals surface area contributed by atoms with Crippen LogP contribution in [0.3, 0.4) is 0 Å². The summed E-state index contributed by atoms with van der Waals surface area (Å²) in [5, 5.41) is 6.04. The zero-order valence-corrected chi connectivity index (χ0v) is 15.1. The molecule has 0 fully saturated rings. The second kappa shape index (κ2) is 7.56. The molecule has 0 heterocycles. The summed E-state index contributed by atoms with van der Waals surface area (Å²) in [4.78, 5) is 12.5. The van der Waals surface area contributed by atoms with E-state index in [4.69, 9.17) is 23.2 Å². The molecule has 24 heavy (non-hydrogen) atoms. The normalized spacial score (nSPS) is 17.9. The second-order valence-corrected chi connectivity index (χ2v) is 7.14. The minimum absolute atomic E-state index is 0.0534. The fourth-order valence-electron chi connectivity index (χ4n) is 3.26. The van der Waals surface area contributed by atoms with Crippen molar-refractivity contribution < 1.29 is 10.1 Å². The molecule has 0 radical (unpaired) electrons. The van der Waals surface area contributed by atoms with Crippen LogP contribution in [-0.4, -0.2) is 11.9 Å². The first-order valence-corrected chi connectivity index (χ1v) is 8.99. The van der Waals surface area contributed by atoms with Gasteiger partial charge in [0.1, 0.15) is 6.04 Å². The Morgan fingerprint density at radius 2 is 2.04 bits per heavy atom. The number of nitrogens with two attached hydrogens (primary N) is 1. The van der Waals surface area contributed by atoms with Gasteiger partial charge >= 0.3 is 0 Å². The average molecular weight is 364 g/mol. The van der Waals surface area contributed by atoms with E-state index in [0.717, 1.165) is 19.3 Å². The number of amides is 1. The van der Waals surface area contributed by atoms with Crippen molar-refractivity contribution in [2.75, 3.05) is 5.32 Å². The molecule has 0 saturated carbocycles. The molecule has 2 aromatic carbocycles. The van der Waals surface area contributed by atoms with E-state index in [1.807, 2.05) is 6.92 Å². The van der Waals surface area contributed by atoms with Gasteiger partial charge in [-0.15, -0.1) is 0 Å². The Morgan fingerprint density at radius 1 is 1.25 bits per heavy atom. The molecule has 0 saturated heterocycles.